The zero-order chi connectivity index (χ0) is 45.3. The van der Waals surface area contributed by atoms with Gasteiger partial charge in [0, 0.05) is 13.2 Å². The molecule has 0 radical (unpaired) electrons. The van der Waals surface area contributed by atoms with E-state index in [1.54, 1.807) is 5.57 Å². The largest absolute Gasteiger partial charge is 0.377 e. The molecule has 0 aromatic carbocycles. The molecule has 6 heteroatoms. The van der Waals surface area contributed by atoms with E-state index in [1.165, 1.54) is 148 Å². The van der Waals surface area contributed by atoms with Crippen molar-refractivity contribution < 1.29 is 23.7 Å². The molecule has 0 aromatic heterocycles. The summed E-state index contributed by atoms with van der Waals surface area (Å²) in [5.74, 6) is 5.34. The van der Waals surface area contributed by atoms with Crippen molar-refractivity contribution in [2.75, 3.05) is 66.1 Å². The maximum Gasteiger partial charge on any atom is 0.146 e. The van der Waals surface area contributed by atoms with Crippen LogP contribution in [0.5, 0.6) is 0 Å². The molecule has 1 saturated heterocycles. The Labute approximate surface area is 396 Å². The van der Waals surface area contributed by atoms with E-state index >= 15 is 0 Å². The molecule has 0 bridgehead atoms. The van der Waals surface area contributed by atoms with E-state index in [1.807, 2.05) is 0 Å². The average Bonchev–Trinajstić information content (AvgIpc) is 3.65. The smallest absolute Gasteiger partial charge is 0.146 e. The van der Waals surface area contributed by atoms with E-state index in [-0.39, 0.29) is 6.10 Å². The Balaban J connectivity index is 0.893. The van der Waals surface area contributed by atoms with Crippen LogP contribution in [0.4, 0.5) is 0 Å². The summed E-state index contributed by atoms with van der Waals surface area (Å²) in [6.45, 7) is 22.4. The number of piperidine rings is 1. The van der Waals surface area contributed by atoms with Crippen molar-refractivity contribution in [2.24, 2.45) is 46.3 Å². The van der Waals surface area contributed by atoms with E-state index in [4.69, 9.17) is 23.7 Å². The topological polar surface area (TPSA) is 49.4 Å². The number of nitrogens with zero attached hydrogens (tertiary/aromatic N) is 1. The van der Waals surface area contributed by atoms with Crippen molar-refractivity contribution in [3.63, 3.8) is 0 Å². The molecule has 370 valence electrons. The predicted molar refractivity (Wildman–Crippen MR) is 270 cm³/mol. The average molecular weight is 894 g/mol. The van der Waals surface area contributed by atoms with Crippen molar-refractivity contribution in [2.45, 2.75) is 221 Å². The third-order valence-electron chi connectivity index (χ3n) is 17.3. The van der Waals surface area contributed by atoms with Gasteiger partial charge < -0.3 is 28.6 Å². The summed E-state index contributed by atoms with van der Waals surface area (Å²) in [7, 11) is 0. The number of rotatable bonds is 34. The number of unbranched alkanes of at least 4 members (excludes halogenated alkanes) is 9. The molecular formula is C58H103NO5. The van der Waals surface area contributed by atoms with Crippen LogP contribution in [0.25, 0.3) is 0 Å². The fraction of sp³-hybridized carbons (Fsp3) is 0.897. The predicted octanol–water partition coefficient (Wildman–Crippen LogP) is 15.1. The highest BCUT2D eigenvalue weighted by molar-refractivity contribution is 5.25. The fourth-order valence-corrected chi connectivity index (χ4v) is 13.5. The Bertz CT molecular complexity index is 1310. The van der Waals surface area contributed by atoms with Crippen LogP contribution in [0.15, 0.2) is 36.0 Å². The minimum Gasteiger partial charge on any atom is -0.377 e. The van der Waals surface area contributed by atoms with E-state index in [0.717, 1.165) is 81.0 Å². The Morgan fingerprint density at radius 2 is 1.45 bits per heavy atom. The summed E-state index contributed by atoms with van der Waals surface area (Å²) in [5, 5.41) is 0. The van der Waals surface area contributed by atoms with Crippen molar-refractivity contribution in [3.05, 3.63) is 36.0 Å². The summed E-state index contributed by atoms with van der Waals surface area (Å²) in [6, 6.07) is 0. The van der Waals surface area contributed by atoms with Crippen LogP contribution in [-0.4, -0.2) is 83.2 Å². The summed E-state index contributed by atoms with van der Waals surface area (Å²) in [6.07, 6.45) is 46.5. The minimum absolute atomic E-state index is 0.0412. The van der Waals surface area contributed by atoms with Gasteiger partial charge in [0.25, 0.3) is 0 Å². The molecule has 4 aliphatic carbocycles. The maximum atomic E-state index is 6.51. The third-order valence-corrected chi connectivity index (χ3v) is 17.3. The number of ether oxygens (including phenoxy) is 5. The second-order valence-electron chi connectivity index (χ2n) is 22.5. The number of likely N-dealkylation sites (tertiary alicyclic amines) is 1. The second kappa shape index (κ2) is 30.5. The highest BCUT2D eigenvalue weighted by atomic mass is 16.7. The molecule has 1 aliphatic heterocycles. The molecule has 4 fully saturated rings. The van der Waals surface area contributed by atoms with E-state index in [2.05, 4.69) is 76.8 Å². The third kappa shape index (κ3) is 17.8. The van der Waals surface area contributed by atoms with Gasteiger partial charge in [-0.3, -0.25) is 0 Å². The van der Waals surface area contributed by atoms with Gasteiger partial charge in [0.2, 0.25) is 0 Å². The maximum absolute atomic E-state index is 6.51. The van der Waals surface area contributed by atoms with Gasteiger partial charge in [-0.2, -0.15) is 0 Å². The van der Waals surface area contributed by atoms with Crippen molar-refractivity contribution >= 4 is 0 Å². The monoisotopic (exact) mass is 894 g/mol. The lowest BCUT2D eigenvalue weighted by Crippen LogP contribution is -2.51. The summed E-state index contributed by atoms with van der Waals surface area (Å²) < 4.78 is 30.8. The first-order chi connectivity index (χ1) is 31.2. The van der Waals surface area contributed by atoms with Crippen LogP contribution >= 0.6 is 0 Å². The lowest BCUT2D eigenvalue weighted by Gasteiger charge is -2.58. The van der Waals surface area contributed by atoms with Crippen LogP contribution in [0, 0.1) is 46.3 Å². The van der Waals surface area contributed by atoms with Gasteiger partial charge in [-0.05, 0) is 162 Å². The van der Waals surface area contributed by atoms with Crippen molar-refractivity contribution in [3.8, 4) is 0 Å². The highest BCUT2D eigenvalue weighted by Crippen LogP contribution is 2.67. The lowest BCUT2D eigenvalue weighted by atomic mass is 9.47. The van der Waals surface area contributed by atoms with E-state index in [9.17, 15) is 0 Å². The molecule has 0 N–H and O–H groups in total. The molecule has 5 rings (SSSR count). The van der Waals surface area contributed by atoms with Crippen LogP contribution in [-0.2, 0) is 23.7 Å². The first-order valence-corrected chi connectivity index (χ1v) is 27.9. The Morgan fingerprint density at radius 3 is 2.23 bits per heavy atom. The van der Waals surface area contributed by atoms with Gasteiger partial charge in [0.05, 0.1) is 45.2 Å². The SMILES string of the molecule is CCCCC/C=C\C/C=C\CCCCCCCCOCOCC(CN1CCCCC1)OCCOCCO[C@H]1CC[C@@]2(C)C(=CC[C@@H]3C2CC[C@]2(C)[C@@H]([C@H](C)CCCC(C)C)CC[C@@H]32)C1. The van der Waals surface area contributed by atoms with Crippen LogP contribution < -0.4 is 0 Å². The number of fused-ring (bicyclic) bond motifs is 5. The fourth-order valence-electron chi connectivity index (χ4n) is 13.5. The first kappa shape index (κ1) is 53.9. The molecule has 64 heavy (non-hydrogen) atoms. The normalized spacial score (nSPS) is 29.6. The van der Waals surface area contributed by atoms with Crippen molar-refractivity contribution in [1.82, 2.24) is 4.90 Å². The summed E-state index contributed by atoms with van der Waals surface area (Å²) in [5.41, 5.74) is 2.66. The van der Waals surface area contributed by atoms with Gasteiger partial charge in [-0.1, -0.05) is 142 Å². The highest BCUT2D eigenvalue weighted by Gasteiger charge is 2.59. The van der Waals surface area contributed by atoms with Gasteiger partial charge in [-0.15, -0.1) is 0 Å². The number of hydrogen-bond donors (Lipinski definition) is 0. The molecule has 3 saturated carbocycles. The molecule has 6 nitrogen and oxygen atoms in total. The first-order valence-electron chi connectivity index (χ1n) is 27.9. The van der Waals surface area contributed by atoms with E-state index in [0.29, 0.717) is 56.8 Å². The number of hydrogen-bond acceptors (Lipinski definition) is 6. The lowest BCUT2D eigenvalue weighted by molar-refractivity contribution is -0.106. The molecule has 5 aliphatic rings. The quantitative estimate of drug-likeness (QED) is 0.0364. The zero-order valence-electron chi connectivity index (χ0n) is 42.9. The van der Waals surface area contributed by atoms with Gasteiger partial charge in [-0.25, -0.2) is 0 Å². The zero-order valence-corrected chi connectivity index (χ0v) is 42.9. The van der Waals surface area contributed by atoms with Crippen LogP contribution in [0.1, 0.15) is 208 Å². The molecular weight excluding hydrogens is 791 g/mol. The van der Waals surface area contributed by atoms with Crippen LogP contribution in [0.2, 0.25) is 0 Å². The Hall–Kier alpha value is -1.02. The molecule has 0 aromatic rings. The summed E-state index contributed by atoms with van der Waals surface area (Å²) >= 11 is 0. The molecule has 0 amide bonds. The van der Waals surface area contributed by atoms with Crippen molar-refractivity contribution in [1.29, 1.82) is 0 Å². The summed E-state index contributed by atoms with van der Waals surface area (Å²) in [4.78, 5) is 2.54. The van der Waals surface area contributed by atoms with E-state index < -0.39 is 0 Å². The molecule has 9 atom stereocenters. The van der Waals surface area contributed by atoms with Crippen LogP contribution in [0.3, 0.4) is 0 Å². The van der Waals surface area contributed by atoms with Gasteiger partial charge in [0.15, 0.2) is 0 Å². The molecule has 1 heterocycles. The Morgan fingerprint density at radius 1 is 0.703 bits per heavy atom. The second-order valence-corrected chi connectivity index (χ2v) is 22.5. The Kier molecular flexibility index (Phi) is 25.7. The molecule has 2 unspecified atom stereocenters. The minimum atomic E-state index is 0.0412. The standard InChI is InChI=1S/C58H103NO5/c1-7-8-9-10-11-12-13-14-15-16-17-18-19-20-21-25-39-61-47-62-46-52(45-59-37-23-22-24-38-59)64-43-41-60-40-42-63-51-33-35-57(5)50(44-51)29-30-53-55-32-31-54(49(4)28-26-27-48(2)3)58(55,6)36-34-56(53)57/h11-12,14-15,29,48-49,51-56H,7-10,13,16-28,30-47H2,1-6H3/b12-11-,15-14-/t49-,51+,52?,53+,54-,55+,56?,57+,58-/m1/s1. The van der Waals surface area contributed by atoms with Gasteiger partial charge in [0.1, 0.15) is 6.79 Å². The number of allylic oxidation sites excluding steroid dienone is 5. The molecule has 0 spiro atoms. The van der Waals surface area contributed by atoms with Gasteiger partial charge >= 0.3 is 0 Å².